The number of non-ortho nitro benzene ring substituents is 1. The number of rotatable bonds is 5. The molecule has 1 heterocycles. The van der Waals surface area contributed by atoms with Crippen LogP contribution in [0.4, 0.5) is 5.69 Å². The highest BCUT2D eigenvalue weighted by atomic mass is 16.6. The molecular weight excluding hydrogens is 244 g/mol. The Labute approximate surface area is 111 Å². The maximum Gasteiger partial charge on any atom is 0.269 e. The maximum absolute atomic E-state index is 10.7. The van der Waals surface area contributed by atoms with E-state index in [9.17, 15) is 10.1 Å². The third-order valence-corrected chi connectivity index (χ3v) is 3.05. The van der Waals surface area contributed by atoms with Gasteiger partial charge in [-0.25, -0.2) is 0 Å². The van der Waals surface area contributed by atoms with E-state index in [1.165, 1.54) is 6.07 Å². The van der Waals surface area contributed by atoms with Crippen molar-refractivity contribution in [2.45, 2.75) is 19.5 Å². The molecule has 0 radical (unpaired) electrons. The van der Waals surface area contributed by atoms with Gasteiger partial charge in [0.15, 0.2) is 0 Å². The molecular formula is C13H16N4O2. The van der Waals surface area contributed by atoms with Crippen LogP contribution in [-0.2, 0) is 6.54 Å². The predicted octanol–water partition coefficient (Wildman–Crippen LogP) is 2.12. The van der Waals surface area contributed by atoms with Gasteiger partial charge in [-0.3, -0.25) is 14.8 Å². The van der Waals surface area contributed by atoms with Crippen LogP contribution < -0.4 is 5.32 Å². The fourth-order valence-electron chi connectivity index (χ4n) is 1.81. The lowest BCUT2D eigenvalue weighted by atomic mass is 10.2. The van der Waals surface area contributed by atoms with Gasteiger partial charge in [0.05, 0.1) is 17.7 Å². The molecule has 1 aromatic carbocycles. The highest BCUT2D eigenvalue weighted by Gasteiger charge is 2.08. The van der Waals surface area contributed by atoms with Crippen LogP contribution in [-0.4, -0.2) is 21.8 Å². The standard InChI is InChI=1S/C13H16N4O2/c1-10(14-2)12-7-15-16(9-12)8-11-4-3-5-13(6-11)17(18)19/h3-7,9-10,14H,8H2,1-2H3. The van der Waals surface area contributed by atoms with E-state index in [0.717, 1.165) is 11.1 Å². The first-order valence-electron chi connectivity index (χ1n) is 6.03. The van der Waals surface area contributed by atoms with Crippen LogP contribution >= 0.6 is 0 Å². The third-order valence-electron chi connectivity index (χ3n) is 3.05. The van der Waals surface area contributed by atoms with Crippen molar-refractivity contribution in [3.63, 3.8) is 0 Å². The first-order valence-corrected chi connectivity index (χ1v) is 6.03. The SMILES string of the molecule is CNC(C)c1cnn(Cc2cccc([N+](=O)[O-])c2)c1. The lowest BCUT2D eigenvalue weighted by molar-refractivity contribution is -0.384. The van der Waals surface area contributed by atoms with E-state index >= 15 is 0 Å². The minimum Gasteiger partial charge on any atom is -0.313 e. The quantitative estimate of drug-likeness (QED) is 0.660. The summed E-state index contributed by atoms with van der Waals surface area (Å²) < 4.78 is 1.78. The van der Waals surface area contributed by atoms with E-state index in [-0.39, 0.29) is 16.7 Å². The largest absolute Gasteiger partial charge is 0.313 e. The van der Waals surface area contributed by atoms with Gasteiger partial charge in [0.25, 0.3) is 5.69 Å². The lowest BCUT2D eigenvalue weighted by Gasteiger charge is -2.06. The second-order valence-electron chi connectivity index (χ2n) is 4.41. The Kier molecular flexibility index (Phi) is 3.91. The van der Waals surface area contributed by atoms with Crippen molar-refractivity contribution in [3.05, 3.63) is 57.9 Å². The number of benzene rings is 1. The van der Waals surface area contributed by atoms with Crippen molar-refractivity contribution in [3.8, 4) is 0 Å². The van der Waals surface area contributed by atoms with Gasteiger partial charge in [0.1, 0.15) is 0 Å². The molecule has 6 nitrogen and oxygen atoms in total. The van der Waals surface area contributed by atoms with Crippen molar-refractivity contribution in [2.75, 3.05) is 7.05 Å². The Morgan fingerprint density at radius 2 is 2.32 bits per heavy atom. The summed E-state index contributed by atoms with van der Waals surface area (Å²) in [6, 6.07) is 6.84. The molecule has 1 N–H and O–H groups in total. The molecule has 0 aliphatic heterocycles. The maximum atomic E-state index is 10.7. The molecule has 0 aliphatic rings. The normalized spacial score (nSPS) is 12.3. The van der Waals surface area contributed by atoms with Crippen LogP contribution in [0, 0.1) is 10.1 Å². The zero-order chi connectivity index (χ0) is 13.8. The minimum atomic E-state index is -0.388. The summed E-state index contributed by atoms with van der Waals surface area (Å²) >= 11 is 0. The smallest absolute Gasteiger partial charge is 0.269 e. The molecule has 6 heteroatoms. The molecule has 0 aliphatic carbocycles. The lowest BCUT2D eigenvalue weighted by Crippen LogP contribution is -2.11. The number of hydrogen-bond acceptors (Lipinski definition) is 4. The molecule has 0 saturated heterocycles. The van der Waals surface area contributed by atoms with E-state index < -0.39 is 0 Å². The van der Waals surface area contributed by atoms with Crippen LogP contribution in [0.5, 0.6) is 0 Å². The molecule has 100 valence electrons. The Balaban J connectivity index is 2.15. The Morgan fingerprint density at radius 1 is 1.53 bits per heavy atom. The van der Waals surface area contributed by atoms with Crippen molar-refractivity contribution in [1.29, 1.82) is 0 Å². The summed E-state index contributed by atoms with van der Waals surface area (Å²) in [5.41, 5.74) is 2.06. The first kappa shape index (κ1) is 13.2. The van der Waals surface area contributed by atoms with E-state index in [1.807, 2.05) is 19.3 Å². The summed E-state index contributed by atoms with van der Waals surface area (Å²) in [6.45, 7) is 2.58. The number of nitrogens with one attached hydrogen (secondary N) is 1. The van der Waals surface area contributed by atoms with Gasteiger partial charge in [0.2, 0.25) is 0 Å². The topological polar surface area (TPSA) is 73.0 Å². The molecule has 1 aromatic heterocycles. The highest BCUT2D eigenvalue weighted by molar-refractivity contribution is 5.34. The number of hydrogen-bond donors (Lipinski definition) is 1. The van der Waals surface area contributed by atoms with Crippen LogP contribution in [0.25, 0.3) is 0 Å². The van der Waals surface area contributed by atoms with Crippen LogP contribution in [0.15, 0.2) is 36.7 Å². The van der Waals surface area contributed by atoms with Crippen molar-refractivity contribution in [1.82, 2.24) is 15.1 Å². The zero-order valence-corrected chi connectivity index (χ0v) is 10.9. The van der Waals surface area contributed by atoms with Crippen LogP contribution in [0.1, 0.15) is 24.1 Å². The monoisotopic (exact) mass is 260 g/mol. The Hall–Kier alpha value is -2.21. The Bertz CT molecular complexity index is 580. The average molecular weight is 260 g/mol. The van der Waals surface area contributed by atoms with Gasteiger partial charge >= 0.3 is 0 Å². The highest BCUT2D eigenvalue weighted by Crippen LogP contribution is 2.15. The molecule has 1 unspecified atom stereocenters. The number of nitro benzene ring substituents is 1. The number of aromatic nitrogens is 2. The summed E-state index contributed by atoms with van der Waals surface area (Å²) in [4.78, 5) is 10.3. The van der Waals surface area contributed by atoms with Gasteiger partial charge in [0, 0.05) is 29.9 Å². The zero-order valence-electron chi connectivity index (χ0n) is 10.9. The second kappa shape index (κ2) is 5.62. The van der Waals surface area contributed by atoms with Gasteiger partial charge in [-0.15, -0.1) is 0 Å². The molecule has 0 spiro atoms. The van der Waals surface area contributed by atoms with Crippen LogP contribution in [0.2, 0.25) is 0 Å². The third kappa shape index (κ3) is 3.17. The Morgan fingerprint density at radius 3 is 3.00 bits per heavy atom. The summed E-state index contributed by atoms with van der Waals surface area (Å²) in [5.74, 6) is 0. The molecule has 0 fully saturated rings. The molecule has 0 saturated carbocycles. The van der Waals surface area contributed by atoms with Crippen LogP contribution in [0.3, 0.4) is 0 Å². The van der Waals surface area contributed by atoms with Gasteiger partial charge in [-0.1, -0.05) is 12.1 Å². The fourth-order valence-corrected chi connectivity index (χ4v) is 1.81. The molecule has 1 atom stereocenters. The van der Waals surface area contributed by atoms with E-state index in [1.54, 1.807) is 23.0 Å². The summed E-state index contributed by atoms with van der Waals surface area (Å²) in [7, 11) is 1.89. The molecule has 0 amide bonds. The summed E-state index contributed by atoms with van der Waals surface area (Å²) in [5, 5.41) is 18.1. The fraction of sp³-hybridized carbons (Fsp3) is 0.308. The molecule has 2 rings (SSSR count). The number of nitrogens with zero attached hydrogens (tertiary/aromatic N) is 3. The second-order valence-corrected chi connectivity index (χ2v) is 4.41. The van der Waals surface area contributed by atoms with Crippen molar-refractivity contribution in [2.24, 2.45) is 0 Å². The molecule has 2 aromatic rings. The molecule has 0 bridgehead atoms. The number of nitro groups is 1. The summed E-state index contributed by atoms with van der Waals surface area (Å²) in [6.07, 6.45) is 3.75. The van der Waals surface area contributed by atoms with E-state index in [4.69, 9.17) is 0 Å². The molecule has 19 heavy (non-hydrogen) atoms. The average Bonchev–Trinajstić information content (AvgIpc) is 2.86. The predicted molar refractivity (Wildman–Crippen MR) is 71.9 cm³/mol. The van der Waals surface area contributed by atoms with Crippen molar-refractivity contribution >= 4 is 5.69 Å². The van der Waals surface area contributed by atoms with Gasteiger partial charge in [-0.05, 0) is 19.5 Å². The van der Waals surface area contributed by atoms with Crippen molar-refractivity contribution < 1.29 is 4.92 Å². The first-order chi connectivity index (χ1) is 9.10. The van der Waals surface area contributed by atoms with Gasteiger partial charge < -0.3 is 5.32 Å². The van der Waals surface area contributed by atoms with Gasteiger partial charge in [-0.2, -0.15) is 5.10 Å². The van der Waals surface area contributed by atoms with E-state index in [2.05, 4.69) is 17.3 Å². The van der Waals surface area contributed by atoms with E-state index in [0.29, 0.717) is 6.54 Å². The minimum absolute atomic E-state index is 0.105.